The predicted molar refractivity (Wildman–Crippen MR) is 123 cm³/mol. The molecule has 158 valence electrons. The number of anilines is 1. The molecule has 1 aliphatic heterocycles. The fourth-order valence-electron chi connectivity index (χ4n) is 3.46. The Balaban J connectivity index is 1.61. The van der Waals surface area contributed by atoms with Crippen LogP contribution in [0.1, 0.15) is 43.4 Å². The van der Waals surface area contributed by atoms with E-state index in [9.17, 15) is 0 Å². The van der Waals surface area contributed by atoms with E-state index in [2.05, 4.69) is 65.7 Å². The summed E-state index contributed by atoms with van der Waals surface area (Å²) in [6, 6.07) is 8.82. The van der Waals surface area contributed by atoms with E-state index in [1.165, 1.54) is 22.8 Å². The molecule has 2 N–H and O–H groups in total. The molecule has 1 aromatic carbocycles. The van der Waals surface area contributed by atoms with Gasteiger partial charge in [0, 0.05) is 55.4 Å². The maximum atomic E-state index is 5.46. The molecule has 2 heterocycles. The van der Waals surface area contributed by atoms with Crippen LogP contribution in [0.25, 0.3) is 0 Å². The molecule has 0 spiro atoms. The number of guanidine groups is 1. The topological polar surface area (TPSA) is 65.7 Å². The van der Waals surface area contributed by atoms with Crippen molar-refractivity contribution >= 4 is 23.4 Å². The molecule has 3 rings (SSSR count). The van der Waals surface area contributed by atoms with Gasteiger partial charge in [0.2, 0.25) is 0 Å². The first-order valence-corrected chi connectivity index (χ1v) is 11.8. The Kier molecular flexibility index (Phi) is 8.28. The van der Waals surface area contributed by atoms with Crippen LogP contribution in [-0.2, 0) is 25.9 Å². The molecule has 0 bridgehead atoms. The Labute approximate surface area is 178 Å². The van der Waals surface area contributed by atoms with Gasteiger partial charge in [0.25, 0.3) is 0 Å². The standard InChI is InChI=1S/C22H33N5OS/c1-4-20-19(21(5-2)28-26-20)16-25-22(23-6-3)24-15-17-7-9-18(10-8-17)27-11-13-29-14-12-27/h7-10H,4-6,11-16H2,1-3H3,(H2,23,24,25). The molecule has 0 radical (unpaired) electrons. The van der Waals surface area contributed by atoms with Crippen molar-refractivity contribution in [3.63, 3.8) is 0 Å². The number of aryl methyl sites for hydroxylation is 2. The summed E-state index contributed by atoms with van der Waals surface area (Å²) >= 11 is 2.04. The second-order valence-corrected chi connectivity index (χ2v) is 8.28. The molecular formula is C22H33N5OS. The number of benzene rings is 1. The van der Waals surface area contributed by atoms with Gasteiger partial charge in [0.1, 0.15) is 5.76 Å². The first-order valence-electron chi connectivity index (χ1n) is 10.6. The lowest BCUT2D eigenvalue weighted by atomic mass is 10.1. The van der Waals surface area contributed by atoms with E-state index in [1.54, 1.807) is 0 Å². The smallest absolute Gasteiger partial charge is 0.191 e. The van der Waals surface area contributed by atoms with E-state index in [0.717, 1.165) is 55.5 Å². The zero-order valence-electron chi connectivity index (χ0n) is 17.8. The Morgan fingerprint density at radius 2 is 1.86 bits per heavy atom. The van der Waals surface area contributed by atoms with Crippen LogP contribution in [0.15, 0.2) is 33.8 Å². The third-order valence-electron chi connectivity index (χ3n) is 5.12. The summed E-state index contributed by atoms with van der Waals surface area (Å²) in [6.07, 6.45) is 1.72. The Morgan fingerprint density at radius 1 is 1.10 bits per heavy atom. The van der Waals surface area contributed by atoms with Crippen LogP contribution in [0.5, 0.6) is 0 Å². The zero-order valence-corrected chi connectivity index (χ0v) is 18.6. The highest BCUT2D eigenvalue weighted by molar-refractivity contribution is 7.99. The van der Waals surface area contributed by atoms with Gasteiger partial charge in [0.15, 0.2) is 5.96 Å². The molecule has 6 nitrogen and oxygen atoms in total. The fraction of sp³-hybridized carbons (Fsp3) is 0.545. The summed E-state index contributed by atoms with van der Waals surface area (Å²) in [7, 11) is 0. The molecule has 2 aromatic rings. The summed E-state index contributed by atoms with van der Waals surface area (Å²) in [4.78, 5) is 7.23. The van der Waals surface area contributed by atoms with Crippen molar-refractivity contribution in [3.8, 4) is 0 Å². The number of nitrogens with one attached hydrogen (secondary N) is 2. The van der Waals surface area contributed by atoms with Gasteiger partial charge < -0.3 is 20.1 Å². The highest BCUT2D eigenvalue weighted by Crippen LogP contribution is 2.20. The molecule has 1 saturated heterocycles. The number of thioether (sulfide) groups is 1. The Morgan fingerprint density at radius 3 is 2.52 bits per heavy atom. The summed E-state index contributed by atoms with van der Waals surface area (Å²) in [5.74, 6) is 4.21. The number of hydrogen-bond donors (Lipinski definition) is 2. The summed E-state index contributed by atoms with van der Waals surface area (Å²) in [6.45, 7) is 10.7. The Hall–Kier alpha value is -2.15. The Bertz CT molecular complexity index is 760. The van der Waals surface area contributed by atoms with Crippen LogP contribution >= 0.6 is 11.8 Å². The van der Waals surface area contributed by atoms with Gasteiger partial charge in [0.05, 0.1) is 12.2 Å². The van der Waals surface area contributed by atoms with Gasteiger partial charge in [-0.1, -0.05) is 31.1 Å². The highest BCUT2D eigenvalue weighted by atomic mass is 32.2. The van der Waals surface area contributed by atoms with Crippen molar-refractivity contribution < 1.29 is 4.52 Å². The second-order valence-electron chi connectivity index (χ2n) is 7.05. The molecule has 7 heteroatoms. The molecule has 1 aliphatic rings. The first-order chi connectivity index (χ1) is 14.2. The van der Waals surface area contributed by atoms with Gasteiger partial charge in [-0.15, -0.1) is 0 Å². The van der Waals surface area contributed by atoms with Crippen LogP contribution in [0.3, 0.4) is 0 Å². The van der Waals surface area contributed by atoms with Crippen LogP contribution < -0.4 is 15.5 Å². The van der Waals surface area contributed by atoms with E-state index in [0.29, 0.717) is 13.1 Å². The second kappa shape index (κ2) is 11.1. The van der Waals surface area contributed by atoms with Crippen molar-refractivity contribution in [2.24, 2.45) is 4.99 Å². The molecule has 0 atom stereocenters. The van der Waals surface area contributed by atoms with Crippen LogP contribution in [0, 0.1) is 0 Å². The van der Waals surface area contributed by atoms with Gasteiger partial charge in [-0.2, -0.15) is 11.8 Å². The van der Waals surface area contributed by atoms with Gasteiger partial charge >= 0.3 is 0 Å². The number of aliphatic imine (C=N–C) groups is 1. The van der Waals surface area contributed by atoms with Crippen LogP contribution in [0.4, 0.5) is 5.69 Å². The van der Waals surface area contributed by atoms with Crippen molar-refractivity contribution in [1.82, 2.24) is 15.8 Å². The molecule has 0 amide bonds. The average molecular weight is 416 g/mol. The third-order valence-corrected chi connectivity index (χ3v) is 6.06. The van der Waals surface area contributed by atoms with Crippen molar-refractivity contribution in [1.29, 1.82) is 0 Å². The van der Waals surface area contributed by atoms with Gasteiger partial charge in [-0.3, -0.25) is 0 Å². The van der Waals surface area contributed by atoms with Crippen molar-refractivity contribution in [2.75, 3.05) is 36.0 Å². The first kappa shape index (κ1) is 21.6. The van der Waals surface area contributed by atoms with E-state index in [-0.39, 0.29) is 0 Å². The van der Waals surface area contributed by atoms with E-state index >= 15 is 0 Å². The number of aromatic nitrogens is 1. The van der Waals surface area contributed by atoms with Gasteiger partial charge in [-0.05, 0) is 31.0 Å². The van der Waals surface area contributed by atoms with E-state index in [1.807, 2.05) is 11.8 Å². The molecular weight excluding hydrogens is 382 g/mol. The lowest BCUT2D eigenvalue weighted by Gasteiger charge is -2.28. The minimum absolute atomic E-state index is 0.649. The maximum absolute atomic E-state index is 5.46. The maximum Gasteiger partial charge on any atom is 0.191 e. The minimum Gasteiger partial charge on any atom is -0.370 e. The normalized spacial score (nSPS) is 14.9. The van der Waals surface area contributed by atoms with E-state index in [4.69, 9.17) is 9.52 Å². The highest BCUT2D eigenvalue weighted by Gasteiger charge is 2.14. The monoisotopic (exact) mass is 415 g/mol. The predicted octanol–water partition coefficient (Wildman–Crippen LogP) is 3.61. The number of nitrogens with zero attached hydrogens (tertiary/aromatic N) is 3. The van der Waals surface area contributed by atoms with Crippen molar-refractivity contribution in [2.45, 2.75) is 46.7 Å². The molecule has 0 saturated carbocycles. The summed E-state index contributed by atoms with van der Waals surface area (Å²) in [5.41, 5.74) is 4.71. The van der Waals surface area contributed by atoms with E-state index < -0.39 is 0 Å². The molecule has 1 fully saturated rings. The summed E-state index contributed by atoms with van der Waals surface area (Å²) < 4.78 is 5.46. The summed E-state index contributed by atoms with van der Waals surface area (Å²) in [5, 5.41) is 11.0. The number of hydrogen-bond acceptors (Lipinski definition) is 5. The largest absolute Gasteiger partial charge is 0.370 e. The SMILES string of the molecule is CCNC(=NCc1ccc(N2CCSCC2)cc1)NCc1c(CC)noc1CC. The molecule has 0 unspecified atom stereocenters. The lowest BCUT2D eigenvalue weighted by molar-refractivity contribution is 0.380. The fourth-order valence-corrected chi connectivity index (χ4v) is 4.36. The quantitative estimate of drug-likeness (QED) is 0.507. The molecule has 0 aliphatic carbocycles. The molecule has 29 heavy (non-hydrogen) atoms. The average Bonchev–Trinajstić information content (AvgIpc) is 3.18. The lowest BCUT2D eigenvalue weighted by Crippen LogP contribution is -2.37. The zero-order chi connectivity index (χ0) is 20.5. The van der Waals surface area contributed by atoms with Gasteiger partial charge in [-0.25, -0.2) is 4.99 Å². The van der Waals surface area contributed by atoms with Crippen molar-refractivity contribution in [3.05, 3.63) is 46.8 Å². The third kappa shape index (κ3) is 5.92. The van der Waals surface area contributed by atoms with Crippen LogP contribution in [0.2, 0.25) is 0 Å². The minimum atomic E-state index is 0.649. The number of rotatable bonds is 8. The molecule has 1 aromatic heterocycles. The van der Waals surface area contributed by atoms with Crippen LogP contribution in [-0.4, -0.2) is 42.3 Å².